The van der Waals surface area contributed by atoms with Gasteiger partial charge in [0.2, 0.25) is 0 Å². The van der Waals surface area contributed by atoms with Crippen molar-refractivity contribution in [2.24, 2.45) is 0 Å². The first-order valence-electron chi connectivity index (χ1n) is 9.13. The van der Waals surface area contributed by atoms with E-state index in [4.69, 9.17) is 0 Å². The van der Waals surface area contributed by atoms with Gasteiger partial charge in [0, 0.05) is 11.1 Å². The van der Waals surface area contributed by atoms with Crippen molar-refractivity contribution in [2.45, 2.75) is 12.2 Å². The maximum Gasteiger partial charge on any atom is 0.416 e. The molecule has 1 atom stereocenters. The van der Waals surface area contributed by atoms with Gasteiger partial charge in [-0.1, -0.05) is 36.4 Å². The van der Waals surface area contributed by atoms with Crippen LogP contribution in [-0.2, 0) is 11.0 Å². The highest BCUT2D eigenvalue weighted by Gasteiger charge is 2.31. The lowest BCUT2D eigenvalue weighted by Gasteiger charge is -2.21. The van der Waals surface area contributed by atoms with Crippen LogP contribution in [0.3, 0.4) is 0 Å². The predicted molar refractivity (Wildman–Crippen MR) is 109 cm³/mol. The molecule has 0 aliphatic heterocycles. The molecule has 0 saturated heterocycles. The molecular weight excluding hydrogens is 393 g/mol. The van der Waals surface area contributed by atoms with E-state index >= 15 is 0 Å². The van der Waals surface area contributed by atoms with Crippen molar-refractivity contribution < 1.29 is 18.0 Å². The van der Waals surface area contributed by atoms with E-state index in [1.54, 1.807) is 42.6 Å². The van der Waals surface area contributed by atoms with Crippen LogP contribution in [0.4, 0.5) is 24.5 Å². The first-order valence-corrected chi connectivity index (χ1v) is 9.13. The summed E-state index contributed by atoms with van der Waals surface area (Å²) in [5, 5.41) is 13.5. The number of hydrogen-bond donors (Lipinski definition) is 3. The number of amides is 1. The van der Waals surface area contributed by atoms with Gasteiger partial charge in [0.05, 0.1) is 23.0 Å². The number of carbonyl (C=O) groups is 1. The Morgan fingerprint density at radius 3 is 2.37 bits per heavy atom. The molecule has 1 unspecified atom stereocenters. The molecule has 0 aliphatic rings. The molecular formula is C22H17F3N4O. The molecule has 0 radical (unpaired) electrons. The smallest absolute Gasteiger partial charge is 0.370 e. The number of halogens is 3. The molecule has 8 heteroatoms. The van der Waals surface area contributed by atoms with E-state index in [-0.39, 0.29) is 0 Å². The summed E-state index contributed by atoms with van der Waals surface area (Å²) in [6.07, 6.45) is -2.84. The second-order valence-corrected chi connectivity index (χ2v) is 6.69. The molecule has 3 N–H and O–H groups in total. The number of aromatic amines is 1. The van der Waals surface area contributed by atoms with Crippen LogP contribution in [0, 0.1) is 0 Å². The van der Waals surface area contributed by atoms with E-state index in [1.165, 1.54) is 12.1 Å². The zero-order chi connectivity index (χ0) is 21.1. The minimum absolute atomic E-state index is 0.406. The maximum absolute atomic E-state index is 13.1. The molecule has 1 heterocycles. The number of alkyl halides is 3. The van der Waals surface area contributed by atoms with E-state index in [0.29, 0.717) is 16.9 Å². The molecule has 30 heavy (non-hydrogen) atoms. The summed E-state index contributed by atoms with van der Waals surface area (Å²) in [6, 6.07) is 18.0. The average Bonchev–Trinajstić information content (AvgIpc) is 3.22. The number of hydrogen-bond acceptors (Lipinski definition) is 3. The molecule has 5 nitrogen and oxygen atoms in total. The van der Waals surface area contributed by atoms with Crippen LogP contribution in [0.2, 0.25) is 0 Å². The number of nitrogens with one attached hydrogen (secondary N) is 3. The van der Waals surface area contributed by atoms with Gasteiger partial charge in [-0.3, -0.25) is 9.89 Å². The van der Waals surface area contributed by atoms with Gasteiger partial charge >= 0.3 is 6.18 Å². The number of benzene rings is 3. The SMILES string of the molecule is O=C(Nc1cccc2[nH]ncc12)C(Nc1ccccc1)c1ccc(C(F)(F)F)cc1. The topological polar surface area (TPSA) is 69.8 Å². The highest BCUT2D eigenvalue weighted by molar-refractivity contribution is 6.04. The second kappa shape index (κ2) is 7.90. The van der Waals surface area contributed by atoms with Crippen molar-refractivity contribution in [2.75, 3.05) is 10.6 Å². The third-order valence-electron chi connectivity index (χ3n) is 4.66. The van der Waals surface area contributed by atoms with Gasteiger partial charge in [0.15, 0.2) is 0 Å². The van der Waals surface area contributed by atoms with E-state index in [1.807, 2.05) is 12.1 Å². The number of para-hydroxylation sites is 1. The van der Waals surface area contributed by atoms with Crippen molar-refractivity contribution in [3.8, 4) is 0 Å². The minimum atomic E-state index is -4.44. The molecule has 4 rings (SSSR count). The summed E-state index contributed by atoms with van der Waals surface area (Å²) in [5.41, 5.74) is 1.61. The first kappa shape index (κ1) is 19.5. The molecule has 0 saturated carbocycles. The fourth-order valence-corrected chi connectivity index (χ4v) is 3.15. The Bertz CT molecular complexity index is 1150. The standard InChI is InChI=1S/C22H17F3N4O/c23-22(24,25)15-11-9-14(10-12-15)20(27-16-5-2-1-3-6-16)21(30)28-18-7-4-8-19-17(18)13-26-29-19/h1-13,20,27H,(H,26,29)(H,28,30). The summed E-state index contributed by atoms with van der Waals surface area (Å²) in [7, 11) is 0. The quantitative estimate of drug-likeness (QED) is 0.414. The Morgan fingerprint density at radius 1 is 0.933 bits per heavy atom. The molecule has 4 aromatic rings. The van der Waals surface area contributed by atoms with Gasteiger partial charge in [0.1, 0.15) is 6.04 Å². The Labute approximate surface area is 169 Å². The van der Waals surface area contributed by atoms with E-state index in [2.05, 4.69) is 20.8 Å². The number of aromatic nitrogens is 2. The van der Waals surface area contributed by atoms with E-state index < -0.39 is 23.7 Å². The van der Waals surface area contributed by atoms with Crippen molar-refractivity contribution >= 4 is 28.2 Å². The van der Waals surface area contributed by atoms with Gasteiger partial charge in [-0.2, -0.15) is 18.3 Å². The van der Waals surface area contributed by atoms with E-state index in [0.717, 1.165) is 23.0 Å². The van der Waals surface area contributed by atoms with Gasteiger partial charge in [-0.15, -0.1) is 0 Å². The van der Waals surface area contributed by atoms with Crippen molar-refractivity contribution in [3.05, 3.63) is 90.1 Å². The van der Waals surface area contributed by atoms with Crippen LogP contribution in [0.15, 0.2) is 79.0 Å². The molecule has 0 fully saturated rings. The third kappa shape index (κ3) is 4.12. The number of H-pyrrole nitrogens is 1. The summed E-state index contributed by atoms with van der Waals surface area (Å²) < 4.78 is 38.8. The average molecular weight is 410 g/mol. The number of rotatable bonds is 5. The van der Waals surface area contributed by atoms with Crippen molar-refractivity contribution in [3.63, 3.8) is 0 Å². The number of carbonyl (C=O) groups excluding carboxylic acids is 1. The lowest BCUT2D eigenvalue weighted by atomic mass is 10.0. The van der Waals surface area contributed by atoms with Crippen LogP contribution in [-0.4, -0.2) is 16.1 Å². The van der Waals surface area contributed by atoms with Crippen LogP contribution in [0.25, 0.3) is 10.9 Å². The van der Waals surface area contributed by atoms with Crippen LogP contribution < -0.4 is 10.6 Å². The number of anilines is 2. The molecule has 1 amide bonds. The third-order valence-corrected chi connectivity index (χ3v) is 4.66. The maximum atomic E-state index is 13.1. The Balaban J connectivity index is 1.66. The first-order chi connectivity index (χ1) is 14.4. The summed E-state index contributed by atoms with van der Waals surface area (Å²) in [4.78, 5) is 13.1. The zero-order valence-corrected chi connectivity index (χ0v) is 15.6. The molecule has 1 aromatic heterocycles. The van der Waals surface area contributed by atoms with Crippen LogP contribution in [0.1, 0.15) is 17.2 Å². The van der Waals surface area contributed by atoms with Crippen LogP contribution in [0.5, 0.6) is 0 Å². The highest BCUT2D eigenvalue weighted by atomic mass is 19.4. The molecule has 3 aromatic carbocycles. The lowest BCUT2D eigenvalue weighted by Crippen LogP contribution is -2.27. The molecule has 0 spiro atoms. The minimum Gasteiger partial charge on any atom is -0.370 e. The van der Waals surface area contributed by atoms with Gasteiger partial charge in [-0.05, 0) is 42.0 Å². The number of nitrogens with zero attached hydrogens (tertiary/aromatic N) is 1. The fourth-order valence-electron chi connectivity index (χ4n) is 3.15. The molecule has 0 bridgehead atoms. The summed E-state index contributed by atoms with van der Waals surface area (Å²) in [6.45, 7) is 0. The highest BCUT2D eigenvalue weighted by Crippen LogP contribution is 2.31. The van der Waals surface area contributed by atoms with E-state index in [9.17, 15) is 18.0 Å². The Kier molecular flexibility index (Phi) is 5.14. The Morgan fingerprint density at radius 2 is 1.67 bits per heavy atom. The van der Waals surface area contributed by atoms with Crippen molar-refractivity contribution in [1.82, 2.24) is 10.2 Å². The predicted octanol–water partition coefficient (Wildman–Crippen LogP) is 5.37. The Hall–Kier alpha value is -3.81. The molecule has 0 aliphatic carbocycles. The second-order valence-electron chi connectivity index (χ2n) is 6.69. The largest absolute Gasteiger partial charge is 0.416 e. The monoisotopic (exact) mass is 410 g/mol. The number of fused-ring (bicyclic) bond motifs is 1. The normalized spacial score (nSPS) is 12.5. The zero-order valence-electron chi connectivity index (χ0n) is 15.6. The lowest BCUT2D eigenvalue weighted by molar-refractivity contribution is -0.137. The van der Waals surface area contributed by atoms with Crippen molar-refractivity contribution in [1.29, 1.82) is 0 Å². The van der Waals surface area contributed by atoms with Gasteiger partial charge in [-0.25, -0.2) is 0 Å². The fraction of sp³-hybridized carbons (Fsp3) is 0.0909. The van der Waals surface area contributed by atoms with Gasteiger partial charge in [0.25, 0.3) is 5.91 Å². The summed E-state index contributed by atoms with van der Waals surface area (Å²) >= 11 is 0. The summed E-state index contributed by atoms with van der Waals surface area (Å²) in [5.74, 6) is -0.410. The molecule has 152 valence electrons. The van der Waals surface area contributed by atoms with Gasteiger partial charge < -0.3 is 10.6 Å². The van der Waals surface area contributed by atoms with Crippen LogP contribution >= 0.6 is 0 Å².